The molecule has 0 bridgehead atoms. The summed E-state index contributed by atoms with van der Waals surface area (Å²) in [6.45, 7) is 0. The van der Waals surface area contributed by atoms with Crippen molar-refractivity contribution in [2.75, 3.05) is 0 Å². The molecule has 68 heavy (non-hydrogen) atoms. The number of aromatic nitrogens is 5. The zero-order chi connectivity index (χ0) is 44.5. The molecule has 7 heteroatoms. The lowest BCUT2D eigenvalue weighted by molar-refractivity contribution is 0.269. The molecule has 5 heterocycles. The van der Waals surface area contributed by atoms with Gasteiger partial charge in [-0.05, 0) is 89.6 Å². The van der Waals surface area contributed by atoms with Crippen LogP contribution in [0.15, 0.2) is 212 Å². The van der Waals surface area contributed by atoms with Crippen LogP contribution in [0, 0.1) is 0 Å². The number of rotatable bonds is 5. The van der Waals surface area contributed by atoms with Crippen LogP contribution < -0.4 is 4.74 Å². The minimum Gasteiger partial charge on any atom is -0.485 e. The normalized spacial score (nSPS) is 15.6. The highest BCUT2D eigenvalue weighted by Gasteiger charge is 2.37. The van der Waals surface area contributed by atoms with E-state index in [1.807, 2.05) is 11.3 Å². The van der Waals surface area contributed by atoms with Gasteiger partial charge in [-0.25, -0.2) is 15.0 Å². The molecule has 4 aromatic heterocycles. The molecule has 0 saturated heterocycles. The second-order valence-corrected chi connectivity index (χ2v) is 19.0. The number of hydrogen-bond donors (Lipinski definition) is 0. The number of allylic oxidation sites excluding steroid dienone is 2. The molecule has 2 atom stereocenters. The Bertz CT molecular complexity index is 4330. The van der Waals surface area contributed by atoms with Crippen LogP contribution >= 0.6 is 11.3 Å². The minimum atomic E-state index is -0.222. The third kappa shape index (κ3) is 5.60. The van der Waals surface area contributed by atoms with Crippen LogP contribution in [0.4, 0.5) is 0 Å². The topological polar surface area (TPSA) is 57.8 Å². The summed E-state index contributed by atoms with van der Waals surface area (Å²) in [5.41, 5.74) is 10.4. The van der Waals surface area contributed by atoms with Crippen molar-refractivity contribution in [1.29, 1.82) is 0 Å². The van der Waals surface area contributed by atoms with Gasteiger partial charge < -0.3 is 13.9 Å². The van der Waals surface area contributed by atoms with Crippen molar-refractivity contribution in [2.24, 2.45) is 0 Å². The van der Waals surface area contributed by atoms with Gasteiger partial charge in [-0.1, -0.05) is 133 Å². The molecule has 0 amide bonds. The predicted molar refractivity (Wildman–Crippen MR) is 281 cm³/mol. The van der Waals surface area contributed by atoms with Gasteiger partial charge in [0.15, 0.2) is 17.5 Å². The Morgan fingerprint density at radius 1 is 0.412 bits per heavy atom. The fourth-order valence-corrected chi connectivity index (χ4v) is 12.1. The van der Waals surface area contributed by atoms with Crippen LogP contribution in [0.5, 0.6) is 5.75 Å². The van der Waals surface area contributed by atoms with Gasteiger partial charge in [0.1, 0.15) is 11.9 Å². The summed E-state index contributed by atoms with van der Waals surface area (Å²) in [5.74, 6) is 2.67. The molecule has 0 radical (unpaired) electrons. The van der Waals surface area contributed by atoms with Gasteiger partial charge in [0.25, 0.3) is 0 Å². The van der Waals surface area contributed by atoms with E-state index in [1.54, 1.807) is 0 Å². The van der Waals surface area contributed by atoms with E-state index in [0.29, 0.717) is 17.5 Å². The highest BCUT2D eigenvalue weighted by molar-refractivity contribution is 7.25. The number of para-hydroxylation sites is 4. The van der Waals surface area contributed by atoms with Crippen LogP contribution in [0.1, 0.15) is 17.3 Å². The molecule has 2 aliphatic rings. The molecule has 9 aromatic carbocycles. The van der Waals surface area contributed by atoms with Crippen LogP contribution in [-0.2, 0) is 0 Å². The molecule has 1 aliphatic carbocycles. The lowest BCUT2D eigenvalue weighted by Gasteiger charge is -2.25. The molecule has 0 N–H and O–H groups in total. The average Bonchev–Trinajstić information content (AvgIpc) is 4.14. The first-order chi connectivity index (χ1) is 33.7. The van der Waals surface area contributed by atoms with Crippen LogP contribution in [0.25, 0.3) is 114 Å². The first kappa shape index (κ1) is 37.6. The van der Waals surface area contributed by atoms with Gasteiger partial charge in [0, 0.05) is 75.6 Å². The quantitative estimate of drug-likeness (QED) is 0.173. The molecule has 0 fully saturated rings. The summed E-state index contributed by atoms with van der Waals surface area (Å²) in [7, 11) is 0. The third-order valence-electron chi connectivity index (χ3n) is 14.1. The molecule has 0 saturated carbocycles. The van der Waals surface area contributed by atoms with Gasteiger partial charge in [0.2, 0.25) is 0 Å². The van der Waals surface area contributed by atoms with E-state index in [1.165, 1.54) is 52.5 Å². The standard InChI is InChI=1S/C61H37N5OS/c1-2-16-40(17-3-1)65-50-22-10-6-18-41(50)43-28-26-39(33-52(43)65)60-62-59(38-27-29-58-48(31-38)45-21-9-13-25-57(45)68-58)63-61(64-60)49-34-47-44-20-8-12-24-55(44)67-56(47)35-54(49)66-51-23-11-7-19-42(51)46-30-36-14-4-5-15-37(36)32-53(46)66/h1-35,47,56H. The second kappa shape index (κ2) is 14.4. The molecule has 15 rings (SSSR count). The monoisotopic (exact) mass is 887 g/mol. The number of fused-ring (bicyclic) bond motifs is 13. The Morgan fingerprint density at radius 3 is 1.85 bits per heavy atom. The molecular weight excluding hydrogens is 851 g/mol. The maximum atomic E-state index is 6.80. The van der Waals surface area contributed by atoms with E-state index in [9.17, 15) is 0 Å². The summed E-state index contributed by atoms with van der Waals surface area (Å²) < 4.78 is 14.0. The highest BCUT2D eigenvalue weighted by Crippen LogP contribution is 2.48. The molecule has 2 unspecified atom stereocenters. The maximum Gasteiger partial charge on any atom is 0.165 e. The summed E-state index contributed by atoms with van der Waals surface area (Å²) >= 11 is 1.81. The number of ether oxygens (including phenoxy) is 1. The zero-order valence-electron chi connectivity index (χ0n) is 36.4. The molecule has 0 spiro atoms. The van der Waals surface area contributed by atoms with Gasteiger partial charge in [0.05, 0.1) is 27.8 Å². The number of hydrogen-bond acceptors (Lipinski definition) is 5. The van der Waals surface area contributed by atoms with Crippen LogP contribution in [-0.4, -0.2) is 30.2 Å². The largest absolute Gasteiger partial charge is 0.485 e. The van der Waals surface area contributed by atoms with Crippen molar-refractivity contribution in [3.63, 3.8) is 0 Å². The molecule has 1 aliphatic heterocycles. The Hall–Kier alpha value is -8.65. The fourth-order valence-electron chi connectivity index (χ4n) is 11.0. The first-order valence-corrected chi connectivity index (χ1v) is 23.9. The van der Waals surface area contributed by atoms with Crippen molar-refractivity contribution < 1.29 is 4.74 Å². The van der Waals surface area contributed by atoms with Gasteiger partial charge in [-0.2, -0.15) is 0 Å². The lowest BCUT2D eigenvalue weighted by Crippen LogP contribution is -2.21. The van der Waals surface area contributed by atoms with Crippen LogP contribution in [0.3, 0.4) is 0 Å². The lowest BCUT2D eigenvalue weighted by atomic mass is 9.87. The van der Waals surface area contributed by atoms with Crippen LogP contribution in [0.2, 0.25) is 0 Å². The fraction of sp³-hybridized carbons (Fsp3) is 0.0328. The summed E-state index contributed by atoms with van der Waals surface area (Å²) in [6, 6.07) is 71.5. The summed E-state index contributed by atoms with van der Waals surface area (Å²) in [5, 5.41) is 9.54. The molecule has 318 valence electrons. The highest BCUT2D eigenvalue weighted by atomic mass is 32.1. The summed E-state index contributed by atoms with van der Waals surface area (Å²) in [6.07, 6.45) is 4.43. The molecule has 6 nitrogen and oxygen atoms in total. The average molecular weight is 888 g/mol. The van der Waals surface area contributed by atoms with Crippen molar-refractivity contribution in [1.82, 2.24) is 24.1 Å². The minimum absolute atomic E-state index is 0.0472. The van der Waals surface area contributed by atoms with E-state index >= 15 is 0 Å². The maximum absolute atomic E-state index is 6.80. The second-order valence-electron chi connectivity index (χ2n) is 17.9. The number of nitrogens with zero attached hydrogens (tertiary/aromatic N) is 5. The van der Waals surface area contributed by atoms with E-state index in [-0.39, 0.29) is 12.0 Å². The molecular formula is C61H37N5OS. The Balaban J connectivity index is 1.01. The Kier molecular flexibility index (Phi) is 7.97. The van der Waals surface area contributed by atoms with Crippen molar-refractivity contribution in [3.05, 3.63) is 224 Å². The van der Waals surface area contributed by atoms with E-state index in [2.05, 4.69) is 221 Å². The predicted octanol–water partition coefficient (Wildman–Crippen LogP) is 15.4. The Morgan fingerprint density at radius 2 is 1.01 bits per heavy atom. The SMILES string of the molecule is C1=C(c2nc(-c3ccc4sc5ccccc5c4c3)nc(-c3ccc4c5ccccc5n(-c5ccccc5)c4c3)n2)C(n2c3ccccc3c3cc4ccccc4cc32)=CC2Oc3ccccc3C12. The zero-order valence-corrected chi connectivity index (χ0v) is 37.2. The van der Waals surface area contributed by atoms with Gasteiger partial charge in [-0.15, -0.1) is 11.3 Å². The number of benzene rings is 9. The molecule has 13 aromatic rings. The van der Waals surface area contributed by atoms with E-state index in [4.69, 9.17) is 19.7 Å². The number of thiophene rings is 1. The summed E-state index contributed by atoms with van der Waals surface area (Å²) in [4.78, 5) is 16.5. The van der Waals surface area contributed by atoms with Crippen molar-refractivity contribution in [3.8, 4) is 34.2 Å². The Labute approximate surface area is 394 Å². The third-order valence-corrected chi connectivity index (χ3v) is 15.2. The van der Waals surface area contributed by atoms with E-state index < -0.39 is 0 Å². The van der Waals surface area contributed by atoms with Crippen molar-refractivity contribution >= 4 is 97.2 Å². The van der Waals surface area contributed by atoms with Gasteiger partial charge >= 0.3 is 0 Å². The van der Waals surface area contributed by atoms with E-state index in [0.717, 1.165) is 61.5 Å². The van der Waals surface area contributed by atoms with Gasteiger partial charge in [-0.3, -0.25) is 0 Å². The van der Waals surface area contributed by atoms with Crippen molar-refractivity contribution in [2.45, 2.75) is 12.0 Å². The first-order valence-electron chi connectivity index (χ1n) is 23.1. The smallest absolute Gasteiger partial charge is 0.165 e.